The van der Waals surface area contributed by atoms with Crippen molar-refractivity contribution >= 4 is 27.0 Å². The van der Waals surface area contributed by atoms with Crippen molar-refractivity contribution in [2.45, 2.75) is 11.4 Å². The molecule has 4 rings (SSSR count). The van der Waals surface area contributed by atoms with E-state index < -0.39 is 15.8 Å². The number of nitrogens with zero attached hydrogens (tertiary/aromatic N) is 4. The van der Waals surface area contributed by atoms with Gasteiger partial charge in [-0.25, -0.2) is 13.2 Å². The number of amides is 1. The summed E-state index contributed by atoms with van der Waals surface area (Å²) in [7, 11) is -3.71. The van der Waals surface area contributed by atoms with Crippen LogP contribution in [0.5, 0.6) is 0 Å². The van der Waals surface area contributed by atoms with Crippen LogP contribution in [0.1, 0.15) is 5.56 Å². The maximum atomic E-state index is 12.8. The van der Waals surface area contributed by atoms with Crippen LogP contribution in [0, 0.1) is 11.3 Å². The molecule has 3 aromatic rings. The molecule has 30 heavy (non-hydrogen) atoms. The molecule has 0 atom stereocenters. The van der Waals surface area contributed by atoms with E-state index in [1.165, 1.54) is 33.1 Å². The smallest absolute Gasteiger partial charge is 0.408 e. The molecule has 10 heteroatoms. The number of oxazole rings is 1. The summed E-state index contributed by atoms with van der Waals surface area (Å²) in [5.41, 5.74) is 1.33. The fourth-order valence-corrected chi connectivity index (χ4v) is 4.85. The molecule has 154 valence electrons. The summed E-state index contributed by atoms with van der Waals surface area (Å²) in [5, 5.41) is 8.85. The number of aromatic nitrogens is 1. The van der Waals surface area contributed by atoms with Crippen LogP contribution in [0.15, 0.2) is 62.6 Å². The molecule has 0 radical (unpaired) electrons. The van der Waals surface area contributed by atoms with Gasteiger partial charge < -0.3 is 9.32 Å². The standard InChI is InChI=1S/C20H18N4O5S/c21-13-15-5-7-16(8-6-15)30(27,28)23-11-9-22(10-12-23)19(25)14-24-17-3-1-2-4-18(17)29-20(24)26/h1-8H,9-12,14H2. The molecule has 2 aromatic carbocycles. The van der Waals surface area contributed by atoms with E-state index in [0.717, 1.165) is 0 Å². The molecule has 1 fully saturated rings. The first-order valence-corrected chi connectivity index (χ1v) is 10.7. The first kappa shape index (κ1) is 19.9. The monoisotopic (exact) mass is 426 g/mol. The number of nitriles is 1. The van der Waals surface area contributed by atoms with Crippen molar-refractivity contribution in [3.8, 4) is 6.07 Å². The Kier molecular flexibility index (Phi) is 5.15. The Morgan fingerprint density at radius 2 is 1.70 bits per heavy atom. The summed E-state index contributed by atoms with van der Waals surface area (Å²) in [5.74, 6) is -0.884. The van der Waals surface area contributed by atoms with Crippen molar-refractivity contribution in [2.75, 3.05) is 26.2 Å². The van der Waals surface area contributed by atoms with Gasteiger partial charge in [-0.1, -0.05) is 12.1 Å². The van der Waals surface area contributed by atoms with Crippen molar-refractivity contribution in [1.29, 1.82) is 5.26 Å². The first-order chi connectivity index (χ1) is 14.4. The molecule has 0 saturated carbocycles. The van der Waals surface area contributed by atoms with E-state index >= 15 is 0 Å². The normalized spacial score (nSPS) is 15.2. The number of fused-ring (bicyclic) bond motifs is 1. The molecule has 1 aliphatic rings. The lowest BCUT2D eigenvalue weighted by atomic mass is 10.2. The van der Waals surface area contributed by atoms with E-state index in [1.807, 2.05) is 6.07 Å². The number of benzene rings is 2. The van der Waals surface area contributed by atoms with Gasteiger partial charge in [-0.2, -0.15) is 9.57 Å². The zero-order chi connectivity index (χ0) is 21.3. The molecular weight excluding hydrogens is 408 g/mol. The third kappa shape index (κ3) is 3.60. The van der Waals surface area contributed by atoms with Gasteiger partial charge in [0.25, 0.3) is 0 Å². The Morgan fingerprint density at radius 1 is 1.03 bits per heavy atom. The Bertz CT molecular complexity index is 1290. The highest BCUT2D eigenvalue weighted by Crippen LogP contribution is 2.19. The van der Waals surface area contributed by atoms with E-state index in [2.05, 4.69) is 0 Å². The number of carbonyl (C=O) groups is 1. The molecule has 1 amide bonds. The molecule has 9 nitrogen and oxygen atoms in total. The molecule has 0 spiro atoms. The van der Waals surface area contributed by atoms with Crippen LogP contribution < -0.4 is 5.76 Å². The molecule has 1 saturated heterocycles. The number of carbonyl (C=O) groups excluding carboxylic acids is 1. The number of piperazine rings is 1. The minimum Gasteiger partial charge on any atom is -0.408 e. The molecule has 1 aromatic heterocycles. The van der Waals surface area contributed by atoms with E-state index in [1.54, 1.807) is 29.2 Å². The second-order valence-electron chi connectivity index (χ2n) is 6.84. The van der Waals surface area contributed by atoms with Crippen LogP contribution in [0.2, 0.25) is 0 Å². The minimum atomic E-state index is -3.71. The average molecular weight is 426 g/mol. The van der Waals surface area contributed by atoms with E-state index in [0.29, 0.717) is 16.7 Å². The zero-order valence-corrected chi connectivity index (χ0v) is 16.7. The second-order valence-corrected chi connectivity index (χ2v) is 8.78. The van der Waals surface area contributed by atoms with Gasteiger partial charge in [0.2, 0.25) is 15.9 Å². The minimum absolute atomic E-state index is 0.109. The predicted molar refractivity (Wildman–Crippen MR) is 107 cm³/mol. The van der Waals surface area contributed by atoms with Gasteiger partial charge in [0.15, 0.2) is 5.58 Å². The van der Waals surface area contributed by atoms with Gasteiger partial charge in [0.1, 0.15) is 6.54 Å². The van der Waals surface area contributed by atoms with Gasteiger partial charge in [-0.05, 0) is 36.4 Å². The summed E-state index contributed by atoms with van der Waals surface area (Å²) in [6, 6.07) is 14.5. The Balaban J connectivity index is 1.43. The third-order valence-electron chi connectivity index (χ3n) is 5.08. The fraction of sp³-hybridized carbons (Fsp3) is 0.250. The number of hydrogen-bond donors (Lipinski definition) is 0. The quantitative estimate of drug-likeness (QED) is 0.614. The van der Waals surface area contributed by atoms with Crippen molar-refractivity contribution in [3.05, 3.63) is 64.6 Å². The summed E-state index contributed by atoms with van der Waals surface area (Å²) in [4.78, 5) is 26.4. The number of sulfonamides is 1. The van der Waals surface area contributed by atoms with E-state index in [9.17, 15) is 18.0 Å². The second kappa shape index (κ2) is 7.78. The summed E-state index contributed by atoms with van der Waals surface area (Å²) < 4.78 is 33.3. The van der Waals surface area contributed by atoms with Crippen molar-refractivity contribution in [2.24, 2.45) is 0 Å². The predicted octanol–water partition coefficient (Wildman–Crippen LogP) is 0.999. The van der Waals surface area contributed by atoms with E-state index in [-0.39, 0.29) is 43.5 Å². The highest BCUT2D eigenvalue weighted by Gasteiger charge is 2.30. The zero-order valence-electron chi connectivity index (χ0n) is 15.9. The van der Waals surface area contributed by atoms with Gasteiger partial charge in [0.05, 0.1) is 22.0 Å². The van der Waals surface area contributed by atoms with Crippen LogP contribution in [-0.4, -0.2) is 54.3 Å². The van der Waals surface area contributed by atoms with Crippen molar-refractivity contribution in [3.63, 3.8) is 0 Å². The maximum Gasteiger partial charge on any atom is 0.420 e. The van der Waals surface area contributed by atoms with Crippen LogP contribution in [-0.2, 0) is 21.4 Å². The Labute approximate surface area is 172 Å². The van der Waals surface area contributed by atoms with Gasteiger partial charge in [-0.15, -0.1) is 0 Å². The number of rotatable bonds is 4. The van der Waals surface area contributed by atoms with Crippen LogP contribution in [0.4, 0.5) is 0 Å². The maximum absolute atomic E-state index is 12.8. The molecule has 1 aliphatic heterocycles. The Morgan fingerprint density at radius 3 is 2.37 bits per heavy atom. The summed E-state index contributed by atoms with van der Waals surface area (Å²) in [6.07, 6.45) is 0. The largest absolute Gasteiger partial charge is 0.420 e. The third-order valence-corrected chi connectivity index (χ3v) is 6.99. The molecule has 0 bridgehead atoms. The number of para-hydroxylation sites is 2. The van der Waals surface area contributed by atoms with Crippen LogP contribution >= 0.6 is 0 Å². The molecule has 0 N–H and O–H groups in total. The number of hydrogen-bond acceptors (Lipinski definition) is 6. The Hall–Kier alpha value is -3.42. The lowest BCUT2D eigenvalue weighted by Crippen LogP contribution is -2.51. The summed E-state index contributed by atoms with van der Waals surface area (Å²) in [6.45, 7) is 0.570. The molecule has 0 aliphatic carbocycles. The van der Waals surface area contributed by atoms with Crippen LogP contribution in [0.25, 0.3) is 11.1 Å². The first-order valence-electron chi connectivity index (χ1n) is 9.26. The lowest BCUT2D eigenvalue weighted by molar-refractivity contribution is -0.133. The van der Waals surface area contributed by atoms with Crippen LogP contribution in [0.3, 0.4) is 0 Å². The molecular formula is C20H18N4O5S. The highest BCUT2D eigenvalue weighted by molar-refractivity contribution is 7.89. The molecule has 2 heterocycles. The van der Waals surface area contributed by atoms with E-state index in [4.69, 9.17) is 9.68 Å². The highest BCUT2D eigenvalue weighted by atomic mass is 32.2. The van der Waals surface area contributed by atoms with Gasteiger partial charge in [0, 0.05) is 26.2 Å². The van der Waals surface area contributed by atoms with Gasteiger partial charge in [-0.3, -0.25) is 9.36 Å². The van der Waals surface area contributed by atoms with Crippen molar-refractivity contribution < 1.29 is 17.6 Å². The van der Waals surface area contributed by atoms with Gasteiger partial charge >= 0.3 is 5.76 Å². The fourth-order valence-electron chi connectivity index (χ4n) is 3.43. The summed E-state index contributed by atoms with van der Waals surface area (Å²) >= 11 is 0. The SMILES string of the molecule is N#Cc1ccc(S(=O)(=O)N2CCN(C(=O)Cn3c(=O)oc4ccccc43)CC2)cc1. The van der Waals surface area contributed by atoms with Crippen molar-refractivity contribution in [1.82, 2.24) is 13.8 Å². The molecule has 0 unspecified atom stereocenters. The topological polar surface area (TPSA) is 117 Å². The average Bonchev–Trinajstić information content (AvgIpc) is 3.09. The lowest BCUT2D eigenvalue weighted by Gasteiger charge is -2.34.